The maximum atomic E-state index is 12.6. The second-order valence-electron chi connectivity index (χ2n) is 6.82. The Morgan fingerprint density at radius 3 is 2.61 bits per heavy atom. The lowest BCUT2D eigenvalue weighted by molar-refractivity contribution is -0.141. The highest BCUT2D eigenvalue weighted by Crippen LogP contribution is 2.32. The molecule has 5 heteroatoms. The van der Waals surface area contributed by atoms with Crippen molar-refractivity contribution in [2.75, 3.05) is 6.54 Å². The number of carbonyl (C=O) groups excluding carboxylic acids is 2. The Morgan fingerprint density at radius 1 is 1.35 bits per heavy atom. The van der Waals surface area contributed by atoms with Crippen molar-refractivity contribution in [3.63, 3.8) is 0 Å². The molecule has 1 aliphatic heterocycles. The SMILES string of the molecule is CC(C)CCNC(=O)C1(C)CCC(=O)N1Cc1ccc(Cl)cc1. The van der Waals surface area contributed by atoms with E-state index in [0.29, 0.717) is 36.9 Å². The Morgan fingerprint density at radius 2 is 2.00 bits per heavy atom. The van der Waals surface area contributed by atoms with Gasteiger partial charge in [0, 0.05) is 24.5 Å². The molecule has 1 atom stereocenters. The number of amides is 2. The van der Waals surface area contributed by atoms with Crippen LogP contribution in [0.4, 0.5) is 0 Å². The van der Waals surface area contributed by atoms with Crippen LogP contribution in [-0.2, 0) is 16.1 Å². The lowest BCUT2D eigenvalue weighted by Crippen LogP contribution is -2.54. The molecule has 0 radical (unpaired) electrons. The van der Waals surface area contributed by atoms with Crippen molar-refractivity contribution >= 4 is 23.4 Å². The van der Waals surface area contributed by atoms with E-state index in [9.17, 15) is 9.59 Å². The largest absolute Gasteiger partial charge is 0.354 e. The van der Waals surface area contributed by atoms with Crippen LogP contribution in [0.15, 0.2) is 24.3 Å². The molecule has 1 N–H and O–H groups in total. The summed E-state index contributed by atoms with van der Waals surface area (Å²) in [6, 6.07) is 7.39. The minimum atomic E-state index is -0.770. The summed E-state index contributed by atoms with van der Waals surface area (Å²) < 4.78 is 0. The van der Waals surface area contributed by atoms with E-state index in [1.54, 1.807) is 17.0 Å². The zero-order valence-corrected chi connectivity index (χ0v) is 14.8. The fourth-order valence-electron chi connectivity index (χ4n) is 2.83. The van der Waals surface area contributed by atoms with E-state index in [2.05, 4.69) is 19.2 Å². The van der Waals surface area contributed by atoms with Crippen LogP contribution in [0.1, 0.15) is 45.6 Å². The molecule has 0 aliphatic carbocycles. The van der Waals surface area contributed by atoms with E-state index < -0.39 is 5.54 Å². The number of halogens is 1. The predicted octanol–water partition coefficient (Wildman–Crippen LogP) is 3.38. The fourth-order valence-corrected chi connectivity index (χ4v) is 2.96. The number of hydrogen-bond donors (Lipinski definition) is 1. The van der Waals surface area contributed by atoms with Crippen LogP contribution < -0.4 is 5.32 Å². The van der Waals surface area contributed by atoms with Gasteiger partial charge in [0.2, 0.25) is 11.8 Å². The van der Waals surface area contributed by atoms with Crippen molar-refractivity contribution < 1.29 is 9.59 Å². The summed E-state index contributed by atoms with van der Waals surface area (Å²) in [7, 11) is 0. The Kier molecular flexibility index (Phi) is 5.69. The van der Waals surface area contributed by atoms with Crippen LogP contribution in [0.3, 0.4) is 0 Å². The number of benzene rings is 1. The highest BCUT2D eigenvalue weighted by atomic mass is 35.5. The summed E-state index contributed by atoms with van der Waals surface area (Å²) in [5.74, 6) is 0.512. The van der Waals surface area contributed by atoms with Gasteiger partial charge in [-0.2, -0.15) is 0 Å². The van der Waals surface area contributed by atoms with E-state index in [0.717, 1.165) is 12.0 Å². The molecule has 0 bridgehead atoms. The Labute approximate surface area is 143 Å². The molecule has 4 nitrogen and oxygen atoms in total. The van der Waals surface area contributed by atoms with E-state index in [1.807, 2.05) is 19.1 Å². The van der Waals surface area contributed by atoms with Crippen molar-refractivity contribution in [3.05, 3.63) is 34.9 Å². The van der Waals surface area contributed by atoms with Gasteiger partial charge in [-0.05, 0) is 43.4 Å². The number of carbonyl (C=O) groups is 2. The molecule has 1 unspecified atom stereocenters. The fraction of sp³-hybridized carbons (Fsp3) is 0.556. The normalized spacial score (nSPS) is 21.1. The molecule has 1 saturated heterocycles. The minimum Gasteiger partial charge on any atom is -0.354 e. The first-order valence-corrected chi connectivity index (χ1v) is 8.54. The quantitative estimate of drug-likeness (QED) is 0.865. The zero-order valence-electron chi connectivity index (χ0n) is 14.1. The molecule has 1 fully saturated rings. The van der Waals surface area contributed by atoms with Crippen molar-refractivity contribution in [2.24, 2.45) is 5.92 Å². The molecule has 0 spiro atoms. The third-order valence-corrected chi connectivity index (χ3v) is 4.72. The van der Waals surface area contributed by atoms with Crippen molar-refractivity contribution in [3.8, 4) is 0 Å². The van der Waals surface area contributed by atoms with E-state index in [4.69, 9.17) is 11.6 Å². The Bertz CT molecular complexity index is 571. The van der Waals surface area contributed by atoms with Crippen LogP contribution in [0.25, 0.3) is 0 Å². The predicted molar refractivity (Wildman–Crippen MR) is 92.1 cm³/mol. The van der Waals surface area contributed by atoms with Crippen molar-refractivity contribution in [2.45, 2.75) is 52.1 Å². The Balaban J connectivity index is 2.07. The average Bonchev–Trinajstić information content (AvgIpc) is 2.78. The summed E-state index contributed by atoms with van der Waals surface area (Å²) in [6.07, 6.45) is 1.92. The van der Waals surface area contributed by atoms with Gasteiger partial charge >= 0.3 is 0 Å². The van der Waals surface area contributed by atoms with Crippen LogP contribution >= 0.6 is 11.6 Å². The van der Waals surface area contributed by atoms with Crippen molar-refractivity contribution in [1.29, 1.82) is 0 Å². The zero-order chi connectivity index (χ0) is 17.0. The molecule has 126 valence electrons. The topological polar surface area (TPSA) is 49.4 Å². The summed E-state index contributed by atoms with van der Waals surface area (Å²) in [5, 5.41) is 3.65. The monoisotopic (exact) mass is 336 g/mol. The summed E-state index contributed by atoms with van der Waals surface area (Å²) in [5.41, 5.74) is 0.208. The third kappa shape index (κ3) is 4.25. The minimum absolute atomic E-state index is 0.0291. The third-order valence-electron chi connectivity index (χ3n) is 4.47. The first kappa shape index (κ1) is 17.8. The molecule has 23 heavy (non-hydrogen) atoms. The molecule has 1 aliphatic rings. The summed E-state index contributed by atoms with van der Waals surface area (Å²) >= 11 is 5.90. The number of nitrogens with one attached hydrogen (secondary N) is 1. The van der Waals surface area contributed by atoms with Gasteiger partial charge < -0.3 is 10.2 Å². The lowest BCUT2D eigenvalue weighted by Gasteiger charge is -2.34. The van der Waals surface area contributed by atoms with Crippen LogP contribution in [0.2, 0.25) is 5.02 Å². The highest BCUT2D eigenvalue weighted by Gasteiger charge is 2.46. The van der Waals surface area contributed by atoms with Gasteiger partial charge in [0.05, 0.1) is 0 Å². The second-order valence-corrected chi connectivity index (χ2v) is 7.26. The van der Waals surface area contributed by atoms with Crippen molar-refractivity contribution in [1.82, 2.24) is 10.2 Å². The molecular weight excluding hydrogens is 312 g/mol. The highest BCUT2D eigenvalue weighted by molar-refractivity contribution is 6.30. The van der Waals surface area contributed by atoms with Gasteiger partial charge in [-0.1, -0.05) is 37.6 Å². The van der Waals surface area contributed by atoms with Gasteiger partial charge in [0.1, 0.15) is 5.54 Å². The summed E-state index contributed by atoms with van der Waals surface area (Å²) in [4.78, 5) is 26.6. The molecule has 1 heterocycles. The van der Waals surface area contributed by atoms with E-state index >= 15 is 0 Å². The maximum absolute atomic E-state index is 12.6. The van der Waals surface area contributed by atoms with Crippen LogP contribution in [0.5, 0.6) is 0 Å². The molecule has 0 aromatic heterocycles. The molecular formula is C18H25ClN2O2. The van der Waals surface area contributed by atoms with Gasteiger partial charge in [-0.3, -0.25) is 9.59 Å². The second kappa shape index (κ2) is 7.35. The van der Waals surface area contributed by atoms with Gasteiger partial charge in [-0.25, -0.2) is 0 Å². The molecule has 2 amide bonds. The molecule has 0 saturated carbocycles. The first-order chi connectivity index (χ1) is 10.8. The summed E-state index contributed by atoms with van der Waals surface area (Å²) in [6.45, 7) is 7.19. The van der Waals surface area contributed by atoms with E-state index in [1.165, 1.54) is 0 Å². The molecule has 2 rings (SSSR count). The van der Waals surface area contributed by atoms with Gasteiger partial charge in [0.15, 0.2) is 0 Å². The number of nitrogens with zero attached hydrogens (tertiary/aromatic N) is 1. The van der Waals surface area contributed by atoms with Crippen LogP contribution in [0, 0.1) is 5.92 Å². The number of rotatable bonds is 6. The smallest absolute Gasteiger partial charge is 0.245 e. The first-order valence-electron chi connectivity index (χ1n) is 8.16. The number of hydrogen-bond acceptors (Lipinski definition) is 2. The molecule has 1 aromatic carbocycles. The van der Waals surface area contributed by atoms with Gasteiger partial charge in [0.25, 0.3) is 0 Å². The van der Waals surface area contributed by atoms with Crippen LogP contribution in [-0.4, -0.2) is 28.8 Å². The van der Waals surface area contributed by atoms with Gasteiger partial charge in [-0.15, -0.1) is 0 Å². The number of likely N-dealkylation sites (tertiary alicyclic amines) is 1. The lowest BCUT2D eigenvalue weighted by atomic mass is 9.97. The van der Waals surface area contributed by atoms with E-state index in [-0.39, 0.29) is 11.8 Å². The Hall–Kier alpha value is -1.55. The maximum Gasteiger partial charge on any atom is 0.245 e. The molecule has 1 aromatic rings. The standard InChI is InChI=1S/C18H25ClN2O2/c1-13(2)9-11-20-17(23)18(3)10-8-16(22)21(18)12-14-4-6-15(19)7-5-14/h4-7,13H,8-12H2,1-3H3,(H,20,23). The average molecular weight is 337 g/mol.